The Balaban J connectivity index is 1.86. The van der Waals surface area contributed by atoms with Crippen LogP contribution in [0, 0.1) is 6.92 Å². The molecule has 1 N–H and O–H groups in total. The minimum Gasteiger partial charge on any atom is -0.352 e. The van der Waals surface area contributed by atoms with Gasteiger partial charge in [0.2, 0.25) is 11.8 Å². The van der Waals surface area contributed by atoms with Gasteiger partial charge in [-0.3, -0.25) is 9.59 Å². The highest BCUT2D eigenvalue weighted by Gasteiger charge is 2.31. The van der Waals surface area contributed by atoms with Gasteiger partial charge in [0.25, 0.3) is 0 Å². The van der Waals surface area contributed by atoms with Crippen LogP contribution in [-0.4, -0.2) is 28.8 Å². The van der Waals surface area contributed by atoms with Crippen LogP contribution in [0.4, 0.5) is 0 Å². The van der Waals surface area contributed by atoms with E-state index in [1.807, 2.05) is 38.1 Å². The lowest BCUT2D eigenvalue weighted by molar-refractivity contribution is -0.141. The van der Waals surface area contributed by atoms with E-state index in [1.165, 1.54) is 6.42 Å². The summed E-state index contributed by atoms with van der Waals surface area (Å²) in [5.74, 6) is -0.236. The van der Waals surface area contributed by atoms with Crippen molar-refractivity contribution in [2.24, 2.45) is 0 Å². The summed E-state index contributed by atoms with van der Waals surface area (Å²) in [6, 6.07) is 12.8. The van der Waals surface area contributed by atoms with Crippen molar-refractivity contribution in [3.05, 3.63) is 69.2 Å². The van der Waals surface area contributed by atoms with Gasteiger partial charge in [0.05, 0.1) is 6.42 Å². The molecule has 0 saturated heterocycles. The Labute approximate surface area is 201 Å². The molecule has 1 atom stereocenters. The number of carbonyl (C=O) groups is 2. The molecule has 6 heteroatoms. The Hall–Kier alpha value is -2.04. The molecular weight excluding hydrogens is 443 g/mol. The van der Waals surface area contributed by atoms with E-state index in [1.54, 1.807) is 23.1 Å². The maximum absolute atomic E-state index is 13.6. The number of amides is 2. The van der Waals surface area contributed by atoms with Crippen molar-refractivity contribution in [2.75, 3.05) is 0 Å². The van der Waals surface area contributed by atoms with Crippen LogP contribution in [0.3, 0.4) is 0 Å². The molecule has 0 aromatic heterocycles. The Morgan fingerprint density at radius 2 is 1.69 bits per heavy atom. The van der Waals surface area contributed by atoms with Crippen LogP contribution in [0.2, 0.25) is 10.0 Å². The smallest absolute Gasteiger partial charge is 0.243 e. The van der Waals surface area contributed by atoms with Gasteiger partial charge in [0.15, 0.2) is 0 Å². The van der Waals surface area contributed by atoms with Gasteiger partial charge in [0.1, 0.15) is 6.04 Å². The molecule has 1 aliphatic rings. The summed E-state index contributed by atoms with van der Waals surface area (Å²) >= 11 is 12.7. The molecule has 32 heavy (non-hydrogen) atoms. The highest BCUT2D eigenvalue weighted by molar-refractivity contribution is 6.36. The van der Waals surface area contributed by atoms with Crippen molar-refractivity contribution in [1.29, 1.82) is 0 Å². The lowest BCUT2D eigenvalue weighted by Gasteiger charge is -2.33. The molecule has 1 aliphatic carbocycles. The molecule has 1 saturated carbocycles. The molecule has 1 unspecified atom stereocenters. The average molecular weight is 475 g/mol. The van der Waals surface area contributed by atoms with Gasteiger partial charge in [-0.05, 0) is 55.0 Å². The van der Waals surface area contributed by atoms with E-state index in [2.05, 4.69) is 5.32 Å². The molecule has 2 amide bonds. The third-order valence-corrected chi connectivity index (χ3v) is 7.04. The molecule has 0 radical (unpaired) electrons. The second kappa shape index (κ2) is 11.7. The maximum atomic E-state index is 13.6. The molecule has 2 aromatic carbocycles. The Morgan fingerprint density at radius 1 is 1.03 bits per heavy atom. The van der Waals surface area contributed by atoms with Crippen LogP contribution in [0.1, 0.15) is 62.1 Å². The Bertz CT molecular complexity index is 921. The van der Waals surface area contributed by atoms with Gasteiger partial charge in [-0.15, -0.1) is 0 Å². The zero-order valence-corrected chi connectivity index (χ0v) is 20.4. The van der Waals surface area contributed by atoms with Crippen LogP contribution < -0.4 is 5.32 Å². The van der Waals surface area contributed by atoms with E-state index in [0.29, 0.717) is 28.6 Å². The number of hydrogen-bond donors (Lipinski definition) is 1. The summed E-state index contributed by atoms with van der Waals surface area (Å²) in [7, 11) is 0. The predicted molar refractivity (Wildman–Crippen MR) is 131 cm³/mol. The molecule has 0 spiro atoms. The van der Waals surface area contributed by atoms with E-state index in [4.69, 9.17) is 23.2 Å². The number of benzene rings is 2. The van der Waals surface area contributed by atoms with Crippen LogP contribution in [0.25, 0.3) is 0 Å². The van der Waals surface area contributed by atoms with Gasteiger partial charge >= 0.3 is 0 Å². The first-order chi connectivity index (χ1) is 15.4. The highest BCUT2D eigenvalue weighted by atomic mass is 35.5. The molecule has 172 valence electrons. The third-order valence-electron chi connectivity index (χ3n) is 6.33. The van der Waals surface area contributed by atoms with E-state index >= 15 is 0 Å². The molecule has 0 bridgehead atoms. The number of hydrogen-bond acceptors (Lipinski definition) is 2. The summed E-state index contributed by atoms with van der Waals surface area (Å²) in [5.41, 5.74) is 2.71. The van der Waals surface area contributed by atoms with Crippen molar-refractivity contribution >= 4 is 35.0 Å². The second-order valence-electron chi connectivity index (χ2n) is 8.59. The molecule has 0 heterocycles. The summed E-state index contributed by atoms with van der Waals surface area (Å²) in [4.78, 5) is 28.5. The summed E-state index contributed by atoms with van der Waals surface area (Å²) in [6.07, 6.45) is 6.09. The minimum atomic E-state index is -0.551. The summed E-state index contributed by atoms with van der Waals surface area (Å²) in [6.45, 7) is 4.34. The quantitative estimate of drug-likeness (QED) is 0.502. The standard InChI is InChI=1S/C26H32Cl2N2O2/c1-3-24(26(32)29-20-12-5-4-6-13-20)30(17-19-11-8-7-10-18(19)2)25(31)16-21-22(27)14-9-15-23(21)28/h7-11,14-15,20,24H,3-6,12-13,16-17H2,1-2H3,(H,29,32). The second-order valence-corrected chi connectivity index (χ2v) is 9.41. The van der Waals surface area contributed by atoms with Gasteiger partial charge in [-0.1, -0.05) is 79.7 Å². The van der Waals surface area contributed by atoms with E-state index < -0.39 is 6.04 Å². The normalized spacial score (nSPS) is 15.2. The van der Waals surface area contributed by atoms with Crippen molar-refractivity contribution in [1.82, 2.24) is 10.2 Å². The fraction of sp³-hybridized carbons (Fsp3) is 0.462. The number of aryl methyl sites for hydroxylation is 1. The lowest BCUT2D eigenvalue weighted by atomic mass is 9.95. The summed E-state index contributed by atoms with van der Waals surface area (Å²) < 4.78 is 0. The SMILES string of the molecule is CCC(C(=O)NC1CCCCC1)N(Cc1ccccc1C)C(=O)Cc1c(Cl)cccc1Cl. The van der Waals surface area contributed by atoms with Gasteiger partial charge in [-0.25, -0.2) is 0 Å². The summed E-state index contributed by atoms with van der Waals surface area (Å²) in [5, 5.41) is 4.13. The average Bonchev–Trinajstić information content (AvgIpc) is 2.78. The fourth-order valence-electron chi connectivity index (χ4n) is 4.39. The van der Waals surface area contributed by atoms with Crippen molar-refractivity contribution in [2.45, 2.75) is 77.4 Å². The number of carbonyl (C=O) groups excluding carboxylic acids is 2. The zero-order chi connectivity index (χ0) is 23.1. The van der Waals surface area contributed by atoms with Crippen molar-refractivity contribution < 1.29 is 9.59 Å². The zero-order valence-electron chi connectivity index (χ0n) is 18.9. The fourth-order valence-corrected chi connectivity index (χ4v) is 4.92. The first-order valence-electron chi connectivity index (χ1n) is 11.5. The van der Waals surface area contributed by atoms with Crippen molar-refractivity contribution in [3.63, 3.8) is 0 Å². The first kappa shape index (κ1) is 24.6. The number of halogens is 2. The number of nitrogens with one attached hydrogen (secondary N) is 1. The van der Waals surface area contributed by atoms with Gasteiger partial charge < -0.3 is 10.2 Å². The van der Waals surface area contributed by atoms with Crippen LogP contribution in [-0.2, 0) is 22.6 Å². The lowest BCUT2D eigenvalue weighted by Crippen LogP contribution is -2.52. The number of rotatable bonds is 8. The van der Waals surface area contributed by atoms with Gasteiger partial charge in [-0.2, -0.15) is 0 Å². The largest absolute Gasteiger partial charge is 0.352 e. The Kier molecular flexibility index (Phi) is 9.01. The van der Waals surface area contributed by atoms with Crippen LogP contribution >= 0.6 is 23.2 Å². The maximum Gasteiger partial charge on any atom is 0.243 e. The molecular formula is C26H32Cl2N2O2. The highest BCUT2D eigenvalue weighted by Crippen LogP contribution is 2.26. The van der Waals surface area contributed by atoms with E-state index in [9.17, 15) is 9.59 Å². The minimum absolute atomic E-state index is 0.0532. The molecule has 2 aromatic rings. The monoisotopic (exact) mass is 474 g/mol. The molecule has 0 aliphatic heterocycles. The van der Waals surface area contributed by atoms with E-state index in [0.717, 1.165) is 36.8 Å². The molecule has 1 fully saturated rings. The van der Waals surface area contributed by atoms with Crippen LogP contribution in [0.15, 0.2) is 42.5 Å². The van der Waals surface area contributed by atoms with Crippen molar-refractivity contribution in [3.8, 4) is 0 Å². The van der Waals surface area contributed by atoms with Crippen LogP contribution in [0.5, 0.6) is 0 Å². The first-order valence-corrected chi connectivity index (χ1v) is 12.2. The third kappa shape index (κ3) is 6.26. The predicted octanol–water partition coefficient (Wildman–Crippen LogP) is 6.10. The molecule has 3 rings (SSSR count). The molecule has 4 nitrogen and oxygen atoms in total. The number of nitrogens with zero attached hydrogens (tertiary/aromatic N) is 1. The van der Waals surface area contributed by atoms with E-state index in [-0.39, 0.29) is 24.3 Å². The van der Waals surface area contributed by atoms with Gasteiger partial charge in [0, 0.05) is 22.6 Å². The topological polar surface area (TPSA) is 49.4 Å². The Morgan fingerprint density at radius 3 is 2.31 bits per heavy atom.